The maximum Gasteiger partial charge on any atom is 0.226 e. The fraction of sp³-hybridized carbons (Fsp3) is 0.238. The molecule has 1 amide bonds. The third kappa shape index (κ3) is 5.91. The number of nitrogens with zero attached hydrogens (tertiary/aromatic N) is 1. The third-order valence-corrected chi connectivity index (χ3v) is 6.25. The SMILES string of the molecule is Cc1ccc(C)c(CSc2nc(CC(=O)NCc3ccc(F)cc3)cs2)c1. The molecule has 0 spiro atoms. The largest absolute Gasteiger partial charge is 0.352 e. The predicted octanol–water partition coefficient (Wildman–Crippen LogP) is 5.05. The second kappa shape index (κ2) is 9.15. The molecule has 1 aromatic heterocycles. The molecule has 0 fully saturated rings. The van der Waals surface area contributed by atoms with E-state index >= 15 is 0 Å². The summed E-state index contributed by atoms with van der Waals surface area (Å²) >= 11 is 3.26. The van der Waals surface area contributed by atoms with Crippen molar-refractivity contribution in [3.05, 3.63) is 81.6 Å². The molecule has 0 bridgehead atoms. The average molecular weight is 401 g/mol. The van der Waals surface area contributed by atoms with E-state index in [9.17, 15) is 9.18 Å². The molecule has 0 atom stereocenters. The van der Waals surface area contributed by atoms with E-state index in [4.69, 9.17) is 0 Å². The van der Waals surface area contributed by atoms with Crippen LogP contribution in [0.2, 0.25) is 0 Å². The van der Waals surface area contributed by atoms with Crippen LogP contribution in [-0.4, -0.2) is 10.9 Å². The van der Waals surface area contributed by atoms with Crippen LogP contribution in [0.5, 0.6) is 0 Å². The van der Waals surface area contributed by atoms with Gasteiger partial charge in [-0.25, -0.2) is 9.37 Å². The van der Waals surface area contributed by atoms with E-state index in [1.165, 1.54) is 28.8 Å². The maximum atomic E-state index is 12.9. The second-order valence-corrected chi connectivity index (χ2v) is 8.48. The van der Waals surface area contributed by atoms with Gasteiger partial charge in [0.05, 0.1) is 12.1 Å². The van der Waals surface area contributed by atoms with Gasteiger partial charge in [-0.15, -0.1) is 11.3 Å². The Morgan fingerprint density at radius 2 is 1.96 bits per heavy atom. The van der Waals surface area contributed by atoms with Crippen molar-refractivity contribution < 1.29 is 9.18 Å². The summed E-state index contributed by atoms with van der Waals surface area (Å²) in [6.07, 6.45) is 0.252. The number of carbonyl (C=O) groups excluding carboxylic acids is 1. The summed E-state index contributed by atoms with van der Waals surface area (Å²) in [7, 11) is 0. The van der Waals surface area contributed by atoms with Gasteiger partial charge in [0, 0.05) is 17.7 Å². The molecule has 0 saturated carbocycles. The van der Waals surface area contributed by atoms with Crippen LogP contribution >= 0.6 is 23.1 Å². The lowest BCUT2D eigenvalue weighted by atomic mass is 10.1. The van der Waals surface area contributed by atoms with Crippen molar-refractivity contribution in [1.82, 2.24) is 10.3 Å². The normalized spacial score (nSPS) is 10.8. The number of amides is 1. The van der Waals surface area contributed by atoms with Gasteiger partial charge in [-0.2, -0.15) is 0 Å². The lowest BCUT2D eigenvalue weighted by molar-refractivity contribution is -0.120. The Morgan fingerprint density at radius 3 is 2.74 bits per heavy atom. The summed E-state index contributed by atoms with van der Waals surface area (Å²) in [4.78, 5) is 16.7. The molecule has 0 aliphatic heterocycles. The monoisotopic (exact) mass is 400 g/mol. The highest BCUT2D eigenvalue weighted by molar-refractivity contribution is 8.00. The van der Waals surface area contributed by atoms with Gasteiger partial charge in [-0.05, 0) is 42.7 Å². The summed E-state index contributed by atoms with van der Waals surface area (Å²) in [6.45, 7) is 4.60. The van der Waals surface area contributed by atoms with Crippen molar-refractivity contribution >= 4 is 29.0 Å². The van der Waals surface area contributed by atoms with Gasteiger partial charge in [0.2, 0.25) is 5.91 Å². The number of nitrogens with one attached hydrogen (secondary N) is 1. The summed E-state index contributed by atoms with van der Waals surface area (Å²) in [6, 6.07) is 12.6. The van der Waals surface area contributed by atoms with E-state index in [1.54, 1.807) is 35.2 Å². The topological polar surface area (TPSA) is 42.0 Å². The number of halogens is 1. The Hall–Kier alpha value is -2.18. The maximum absolute atomic E-state index is 12.9. The molecule has 1 N–H and O–H groups in total. The summed E-state index contributed by atoms with van der Waals surface area (Å²) in [5.41, 5.74) is 5.50. The smallest absolute Gasteiger partial charge is 0.226 e. The zero-order chi connectivity index (χ0) is 19.2. The van der Waals surface area contributed by atoms with Gasteiger partial charge in [0.25, 0.3) is 0 Å². The van der Waals surface area contributed by atoms with Crippen molar-refractivity contribution in [2.75, 3.05) is 0 Å². The second-order valence-electron chi connectivity index (χ2n) is 6.40. The number of hydrogen-bond acceptors (Lipinski definition) is 4. The van der Waals surface area contributed by atoms with Gasteiger partial charge >= 0.3 is 0 Å². The van der Waals surface area contributed by atoms with Crippen LogP contribution in [0.4, 0.5) is 4.39 Å². The molecule has 1 heterocycles. The lowest BCUT2D eigenvalue weighted by Crippen LogP contribution is -2.24. The van der Waals surface area contributed by atoms with Crippen molar-refractivity contribution in [3.63, 3.8) is 0 Å². The molecule has 3 nitrogen and oxygen atoms in total. The molecule has 27 heavy (non-hydrogen) atoms. The quantitative estimate of drug-likeness (QED) is 0.564. The summed E-state index contributed by atoms with van der Waals surface area (Å²) in [5.74, 6) is 0.506. The minimum atomic E-state index is -0.279. The fourth-order valence-electron chi connectivity index (χ4n) is 2.56. The van der Waals surface area contributed by atoms with E-state index in [0.717, 1.165) is 21.3 Å². The van der Waals surface area contributed by atoms with E-state index in [0.29, 0.717) is 6.54 Å². The standard InChI is InChI=1S/C21H21FN2OS2/c1-14-3-4-15(2)17(9-14)12-26-21-24-19(13-27-21)10-20(25)23-11-16-5-7-18(22)8-6-16/h3-9,13H,10-12H2,1-2H3,(H,23,25). The first kappa shape index (κ1) is 19.6. The minimum Gasteiger partial charge on any atom is -0.352 e. The van der Waals surface area contributed by atoms with Gasteiger partial charge in [0.1, 0.15) is 10.2 Å². The highest BCUT2D eigenvalue weighted by atomic mass is 32.2. The van der Waals surface area contributed by atoms with Gasteiger partial charge in [0.15, 0.2) is 0 Å². The molecule has 2 aromatic carbocycles. The Kier molecular flexibility index (Phi) is 6.63. The number of hydrogen-bond donors (Lipinski definition) is 1. The molecule has 0 saturated heterocycles. The molecule has 0 unspecified atom stereocenters. The zero-order valence-corrected chi connectivity index (χ0v) is 16.9. The number of thiazole rings is 1. The molecule has 0 aliphatic rings. The Balaban J connectivity index is 1.49. The van der Waals surface area contributed by atoms with Crippen LogP contribution in [0.3, 0.4) is 0 Å². The highest BCUT2D eigenvalue weighted by Crippen LogP contribution is 2.28. The van der Waals surface area contributed by atoms with E-state index in [1.807, 2.05) is 5.38 Å². The van der Waals surface area contributed by atoms with Crippen molar-refractivity contribution in [3.8, 4) is 0 Å². The zero-order valence-electron chi connectivity index (χ0n) is 15.3. The average Bonchev–Trinajstić information content (AvgIpc) is 3.09. The summed E-state index contributed by atoms with van der Waals surface area (Å²) in [5, 5.41) is 4.78. The van der Waals surface area contributed by atoms with Crippen LogP contribution < -0.4 is 5.32 Å². The van der Waals surface area contributed by atoms with Crippen molar-refractivity contribution in [1.29, 1.82) is 0 Å². The number of benzene rings is 2. The molecule has 3 aromatic rings. The number of aryl methyl sites for hydroxylation is 2. The van der Waals surface area contributed by atoms with E-state index < -0.39 is 0 Å². The molecule has 0 radical (unpaired) electrons. The Morgan fingerprint density at radius 1 is 1.19 bits per heavy atom. The van der Waals surface area contributed by atoms with Gasteiger partial charge in [-0.1, -0.05) is 47.7 Å². The van der Waals surface area contributed by atoms with Crippen LogP contribution in [0.15, 0.2) is 52.2 Å². The Labute approximate surface area is 167 Å². The first-order valence-electron chi connectivity index (χ1n) is 8.64. The van der Waals surface area contributed by atoms with Gasteiger partial charge < -0.3 is 5.32 Å². The molecule has 0 aliphatic carbocycles. The molecular weight excluding hydrogens is 379 g/mol. The first-order chi connectivity index (χ1) is 13.0. The fourth-order valence-corrected chi connectivity index (χ4v) is 4.47. The highest BCUT2D eigenvalue weighted by Gasteiger charge is 2.09. The predicted molar refractivity (Wildman–Crippen MR) is 110 cm³/mol. The third-order valence-electron chi connectivity index (χ3n) is 4.13. The van der Waals surface area contributed by atoms with Crippen LogP contribution in [-0.2, 0) is 23.5 Å². The van der Waals surface area contributed by atoms with Gasteiger partial charge in [-0.3, -0.25) is 4.79 Å². The molecular formula is C21H21FN2OS2. The van der Waals surface area contributed by atoms with Crippen LogP contribution in [0, 0.1) is 19.7 Å². The van der Waals surface area contributed by atoms with Crippen molar-refractivity contribution in [2.45, 2.75) is 36.9 Å². The van der Waals surface area contributed by atoms with E-state index in [2.05, 4.69) is 42.3 Å². The number of aromatic nitrogens is 1. The van der Waals surface area contributed by atoms with Crippen molar-refractivity contribution in [2.24, 2.45) is 0 Å². The lowest BCUT2D eigenvalue weighted by Gasteiger charge is -2.05. The van der Waals surface area contributed by atoms with E-state index in [-0.39, 0.29) is 18.1 Å². The Bertz CT molecular complexity index is 922. The summed E-state index contributed by atoms with van der Waals surface area (Å²) < 4.78 is 13.9. The molecule has 3 rings (SSSR count). The number of rotatable bonds is 7. The number of thioether (sulfide) groups is 1. The molecule has 6 heteroatoms. The molecule has 140 valence electrons. The number of carbonyl (C=O) groups is 1. The first-order valence-corrected chi connectivity index (χ1v) is 10.5. The van der Waals surface area contributed by atoms with Crippen LogP contribution in [0.25, 0.3) is 0 Å². The minimum absolute atomic E-state index is 0.0873. The van der Waals surface area contributed by atoms with Crippen LogP contribution in [0.1, 0.15) is 27.9 Å².